The molecule has 3 nitrogen and oxygen atoms in total. The average Bonchev–Trinajstić information content (AvgIpc) is 2.49. The van der Waals surface area contributed by atoms with Gasteiger partial charge in [-0.05, 0) is 61.1 Å². The molecule has 0 heterocycles. The normalized spacial score (nSPS) is 11.5. The van der Waals surface area contributed by atoms with Gasteiger partial charge in [0.2, 0.25) is 0 Å². The molecule has 116 valence electrons. The minimum Gasteiger partial charge on any atom is -0.370 e. The zero-order valence-corrected chi connectivity index (χ0v) is 13.4. The number of hydrogen-bond acceptors (Lipinski definition) is 2. The van der Waals surface area contributed by atoms with Gasteiger partial charge in [-0.2, -0.15) is 0 Å². The van der Waals surface area contributed by atoms with Crippen molar-refractivity contribution in [2.24, 2.45) is 10.7 Å². The lowest BCUT2D eigenvalue weighted by molar-refractivity contribution is 0.626. The molecule has 0 fully saturated rings. The lowest BCUT2D eigenvalue weighted by Crippen LogP contribution is -2.22. The van der Waals surface area contributed by atoms with Crippen molar-refractivity contribution in [3.8, 4) is 0 Å². The van der Waals surface area contributed by atoms with Gasteiger partial charge in [0, 0.05) is 17.1 Å². The van der Waals surface area contributed by atoms with E-state index in [1.165, 1.54) is 17.7 Å². The molecule has 0 atom stereocenters. The van der Waals surface area contributed by atoms with Crippen molar-refractivity contribution in [2.45, 2.75) is 18.2 Å². The second-order valence-electron chi connectivity index (χ2n) is 4.92. The average molecular weight is 317 g/mol. The van der Waals surface area contributed by atoms with Crippen LogP contribution in [0.15, 0.2) is 58.4 Å². The van der Waals surface area contributed by atoms with Crippen molar-refractivity contribution >= 4 is 23.4 Å². The first kappa shape index (κ1) is 16.4. The summed E-state index contributed by atoms with van der Waals surface area (Å²) in [6.45, 7) is 2.70. The Bertz CT molecular complexity index is 626. The Morgan fingerprint density at radius 2 is 2.00 bits per heavy atom. The molecule has 0 radical (unpaired) electrons. The van der Waals surface area contributed by atoms with Gasteiger partial charge < -0.3 is 11.1 Å². The minimum absolute atomic E-state index is 0.205. The van der Waals surface area contributed by atoms with E-state index in [-0.39, 0.29) is 5.82 Å². The third kappa shape index (κ3) is 5.77. The molecular weight excluding hydrogens is 297 g/mol. The Labute approximate surface area is 134 Å². The van der Waals surface area contributed by atoms with Crippen LogP contribution in [0.1, 0.15) is 12.0 Å². The molecule has 0 saturated heterocycles. The number of nitrogens with one attached hydrogen (secondary N) is 1. The topological polar surface area (TPSA) is 50.4 Å². The van der Waals surface area contributed by atoms with Crippen LogP contribution < -0.4 is 11.1 Å². The van der Waals surface area contributed by atoms with Gasteiger partial charge in [-0.1, -0.05) is 12.1 Å². The Balaban J connectivity index is 1.69. The maximum absolute atomic E-state index is 12.8. The molecule has 2 aromatic carbocycles. The summed E-state index contributed by atoms with van der Waals surface area (Å²) in [5, 5.41) is 3.08. The molecule has 0 spiro atoms. The quantitative estimate of drug-likeness (QED) is 0.366. The summed E-state index contributed by atoms with van der Waals surface area (Å²) in [4.78, 5) is 5.37. The Morgan fingerprint density at radius 3 is 2.73 bits per heavy atom. The van der Waals surface area contributed by atoms with Crippen LogP contribution in [-0.4, -0.2) is 18.3 Å². The second kappa shape index (κ2) is 8.44. The third-order valence-electron chi connectivity index (χ3n) is 2.96. The number of rotatable bonds is 6. The van der Waals surface area contributed by atoms with Crippen molar-refractivity contribution in [2.75, 3.05) is 17.6 Å². The fraction of sp³-hybridized carbons (Fsp3) is 0.235. The van der Waals surface area contributed by atoms with E-state index >= 15 is 0 Å². The first-order chi connectivity index (χ1) is 10.6. The molecule has 5 heteroatoms. The van der Waals surface area contributed by atoms with Crippen molar-refractivity contribution in [1.82, 2.24) is 0 Å². The van der Waals surface area contributed by atoms with Crippen molar-refractivity contribution in [1.29, 1.82) is 0 Å². The molecule has 0 aliphatic carbocycles. The molecule has 22 heavy (non-hydrogen) atoms. The molecule has 0 aromatic heterocycles. The molecule has 0 aliphatic rings. The number of thioether (sulfide) groups is 1. The predicted octanol–water partition coefficient (Wildman–Crippen LogP) is 4.04. The maximum atomic E-state index is 12.8. The van der Waals surface area contributed by atoms with E-state index in [2.05, 4.69) is 10.3 Å². The van der Waals surface area contributed by atoms with Crippen LogP contribution in [0.25, 0.3) is 0 Å². The smallest absolute Gasteiger partial charge is 0.193 e. The summed E-state index contributed by atoms with van der Waals surface area (Å²) in [5.74, 6) is 1.15. The molecule has 2 aromatic rings. The summed E-state index contributed by atoms with van der Waals surface area (Å²) in [6, 6.07) is 14.5. The van der Waals surface area contributed by atoms with Gasteiger partial charge in [0.25, 0.3) is 0 Å². The molecule has 0 amide bonds. The number of hydrogen-bond donors (Lipinski definition) is 2. The van der Waals surface area contributed by atoms with Gasteiger partial charge >= 0.3 is 0 Å². The zero-order chi connectivity index (χ0) is 15.8. The highest BCUT2D eigenvalue weighted by Crippen LogP contribution is 2.18. The number of guanidine groups is 1. The second-order valence-corrected chi connectivity index (χ2v) is 6.09. The summed E-state index contributed by atoms with van der Waals surface area (Å²) in [5.41, 5.74) is 7.98. The number of nitrogens with zero attached hydrogens (tertiary/aromatic N) is 1. The van der Waals surface area contributed by atoms with E-state index in [1.54, 1.807) is 23.9 Å². The van der Waals surface area contributed by atoms with Crippen LogP contribution in [0.4, 0.5) is 10.1 Å². The van der Waals surface area contributed by atoms with Gasteiger partial charge in [0.05, 0.1) is 0 Å². The fourth-order valence-corrected chi connectivity index (χ4v) is 2.73. The lowest BCUT2D eigenvalue weighted by Gasteiger charge is -2.06. The van der Waals surface area contributed by atoms with Gasteiger partial charge in [-0.15, -0.1) is 11.8 Å². The van der Waals surface area contributed by atoms with Crippen molar-refractivity contribution < 1.29 is 4.39 Å². The summed E-state index contributed by atoms with van der Waals surface area (Å²) >= 11 is 1.69. The summed E-state index contributed by atoms with van der Waals surface area (Å²) in [7, 11) is 0. The highest BCUT2D eigenvalue weighted by Gasteiger charge is 1.97. The summed E-state index contributed by atoms with van der Waals surface area (Å²) < 4.78 is 12.8. The molecule has 0 aliphatic heterocycles. The van der Waals surface area contributed by atoms with Crippen molar-refractivity contribution in [3.63, 3.8) is 0 Å². The van der Waals surface area contributed by atoms with Crippen LogP contribution in [0, 0.1) is 12.7 Å². The number of halogens is 1. The molecule has 0 unspecified atom stereocenters. The van der Waals surface area contributed by atoms with Gasteiger partial charge in [-0.25, -0.2) is 4.39 Å². The Morgan fingerprint density at radius 1 is 1.23 bits per heavy atom. The van der Waals surface area contributed by atoms with Gasteiger partial charge in [0.15, 0.2) is 5.96 Å². The minimum atomic E-state index is -0.205. The number of nitrogens with two attached hydrogens (primary N) is 1. The van der Waals surface area contributed by atoms with Gasteiger partial charge in [-0.3, -0.25) is 4.99 Å². The first-order valence-electron chi connectivity index (χ1n) is 7.15. The largest absolute Gasteiger partial charge is 0.370 e. The van der Waals surface area contributed by atoms with Crippen LogP contribution in [0.2, 0.25) is 0 Å². The van der Waals surface area contributed by atoms with E-state index in [1.807, 2.05) is 31.2 Å². The van der Waals surface area contributed by atoms with E-state index in [4.69, 9.17) is 5.73 Å². The van der Waals surface area contributed by atoms with E-state index in [9.17, 15) is 4.39 Å². The molecule has 2 rings (SSSR count). The monoisotopic (exact) mass is 317 g/mol. The number of aryl methyl sites for hydroxylation is 1. The molecule has 3 N–H and O–H groups in total. The number of aliphatic imine (C=N–C) groups is 1. The number of benzene rings is 2. The van der Waals surface area contributed by atoms with E-state index < -0.39 is 0 Å². The maximum Gasteiger partial charge on any atom is 0.193 e. The van der Waals surface area contributed by atoms with Crippen LogP contribution in [-0.2, 0) is 0 Å². The standard InChI is InChI=1S/C17H20FN3S/c1-13-4-2-5-15(12-13)21-17(19)20-10-3-11-22-16-8-6-14(18)7-9-16/h2,4-9,12H,3,10-11H2,1H3,(H3,19,20,21). The third-order valence-corrected chi connectivity index (χ3v) is 4.06. The highest BCUT2D eigenvalue weighted by molar-refractivity contribution is 7.99. The zero-order valence-electron chi connectivity index (χ0n) is 12.6. The fourth-order valence-electron chi connectivity index (χ4n) is 1.90. The predicted molar refractivity (Wildman–Crippen MR) is 93.0 cm³/mol. The van der Waals surface area contributed by atoms with Crippen LogP contribution in [0.5, 0.6) is 0 Å². The Kier molecular flexibility index (Phi) is 6.27. The van der Waals surface area contributed by atoms with Gasteiger partial charge in [0.1, 0.15) is 5.82 Å². The first-order valence-corrected chi connectivity index (χ1v) is 8.14. The molecule has 0 bridgehead atoms. The SMILES string of the molecule is Cc1cccc(NC(N)=NCCCSc2ccc(F)cc2)c1. The van der Waals surface area contributed by atoms with Crippen molar-refractivity contribution in [3.05, 3.63) is 59.9 Å². The highest BCUT2D eigenvalue weighted by atomic mass is 32.2. The molecular formula is C17H20FN3S. The van der Waals surface area contributed by atoms with E-state index in [0.717, 1.165) is 22.8 Å². The summed E-state index contributed by atoms with van der Waals surface area (Å²) in [6.07, 6.45) is 0.915. The molecule has 0 saturated carbocycles. The lowest BCUT2D eigenvalue weighted by atomic mass is 10.2. The number of anilines is 1. The van der Waals surface area contributed by atoms with Crippen LogP contribution in [0.3, 0.4) is 0 Å². The van der Waals surface area contributed by atoms with E-state index in [0.29, 0.717) is 12.5 Å². The Hall–Kier alpha value is -2.01. The van der Waals surface area contributed by atoms with Crippen LogP contribution >= 0.6 is 11.8 Å².